The van der Waals surface area contributed by atoms with Gasteiger partial charge in [-0.2, -0.15) is 0 Å². The van der Waals surface area contributed by atoms with Gasteiger partial charge in [0.2, 0.25) is 0 Å². The van der Waals surface area contributed by atoms with Crippen molar-refractivity contribution in [3.8, 4) is 0 Å². The van der Waals surface area contributed by atoms with E-state index in [-0.39, 0.29) is 18.6 Å². The largest absolute Gasteiger partial charge is 0.396 e. The van der Waals surface area contributed by atoms with Gasteiger partial charge >= 0.3 is 0 Å². The molecular formula is C9H16O2. The molecule has 0 aliphatic heterocycles. The van der Waals surface area contributed by atoms with E-state index >= 15 is 0 Å². The molecule has 0 aromatic heterocycles. The van der Waals surface area contributed by atoms with E-state index in [1.807, 2.05) is 6.08 Å². The molecular weight excluding hydrogens is 140 g/mol. The van der Waals surface area contributed by atoms with E-state index in [1.54, 1.807) is 0 Å². The van der Waals surface area contributed by atoms with Crippen molar-refractivity contribution in [2.75, 3.05) is 6.61 Å². The first kappa shape index (κ1) is 8.75. The smallest absolute Gasteiger partial charge is 0.0575 e. The van der Waals surface area contributed by atoms with Crippen LogP contribution in [0.1, 0.15) is 19.3 Å². The summed E-state index contributed by atoms with van der Waals surface area (Å²) in [6.07, 6.45) is 4.27. The summed E-state index contributed by atoms with van der Waals surface area (Å²) < 4.78 is 0. The predicted molar refractivity (Wildman–Crippen MR) is 44.1 cm³/mol. The average molecular weight is 156 g/mol. The molecule has 11 heavy (non-hydrogen) atoms. The number of hydrogen-bond donors (Lipinski definition) is 2. The second kappa shape index (κ2) is 3.88. The Morgan fingerprint density at radius 3 is 2.73 bits per heavy atom. The van der Waals surface area contributed by atoms with Crippen molar-refractivity contribution in [3.05, 3.63) is 12.7 Å². The summed E-state index contributed by atoms with van der Waals surface area (Å²) in [5, 5.41) is 18.2. The predicted octanol–water partition coefficient (Wildman–Crippen LogP) is 0.942. The van der Waals surface area contributed by atoms with Gasteiger partial charge in [0.25, 0.3) is 0 Å². The minimum atomic E-state index is -0.217. The van der Waals surface area contributed by atoms with E-state index in [0.717, 1.165) is 12.8 Å². The van der Waals surface area contributed by atoms with Crippen LogP contribution in [0.3, 0.4) is 0 Å². The average Bonchev–Trinajstić information content (AvgIpc) is 2.34. The maximum absolute atomic E-state index is 9.46. The molecule has 0 aromatic rings. The van der Waals surface area contributed by atoms with E-state index in [4.69, 9.17) is 5.11 Å². The molecule has 64 valence electrons. The van der Waals surface area contributed by atoms with Crippen molar-refractivity contribution in [2.24, 2.45) is 11.8 Å². The Labute approximate surface area is 67.6 Å². The highest BCUT2D eigenvalue weighted by Gasteiger charge is 2.32. The van der Waals surface area contributed by atoms with Crippen molar-refractivity contribution < 1.29 is 10.2 Å². The fourth-order valence-corrected chi connectivity index (χ4v) is 1.92. The van der Waals surface area contributed by atoms with Crippen LogP contribution in [0, 0.1) is 11.8 Å². The molecule has 0 aromatic carbocycles. The first-order chi connectivity index (χ1) is 5.29. The summed E-state index contributed by atoms with van der Waals surface area (Å²) in [6, 6.07) is 0. The molecule has 0 unspecified atom stereocenters. The van der Waals surface area contributed by atoms with Gasteiger partial charge in [0.1, 0.15) is 0 Å². The van der Waals surface area contributed by atoms with Crippen LogP contribution >= 0.6 is 0 Å². The zero-order chi connectivity index (χ0) is 8.27. The van der Waals surface area contributed by atoms with E-state index < -0.39 is 0 Å². The van der Waals surface area contributed by atoms with Crippen molar-refractivity contribution in [2.45, 2.75) is 25.4 Å². The Balaban J connectivity index is 2.48. The van der Waals surface area contributed by atoms with Gasteiger partial charge in [-0.3, -0.25) is 0 Å². The van der Waals surface area contributed by atoms with Gasteiger partial charge in [0.15, 0.2) is 0 Å². The third kappa shape index (κ3) is 1.82. The highest BCUT2D eigenvalue weighted by molar-refractivity contribution is 4.93. The second-order valence-electron chi connectivity index (χ2n) is 3.22. The van der Waals surface area contributed by atoms with E-state index in [0.29, 0.717) is 12.3 Å². The highest BCUT2D eigenvalue weighted by atomic mass is 16.3. The summed E-state index contributed by atoms with van der Waals surface area (Å²) in [4.78, 5) is 0. The van der Waals surface area contributed by atoms with Crippen molar-refractivity contribution in [1.82, 2.24) is 0 Å². The number of rotatable bonds is 3. The summed E-state index contributed by atoms with van der Waals surface area (Å²) >= 11 is 0. The van der Waals surface area contributed by atoms with Crippen LogP contribution in [-0.4, -0.2) is 22.9 Å². The maximum atomic E-state index is 9.46. The molecule has 2 nitrogen and oxygen atoms in total. The van der Waals surface area contributed by atoms with Gasteiger partial charge in [0, 0.05) is 6.61 Å². The minimum Gasteiger partial charge on any atom is -0.396 e. The number of allylic oxidation sites excluding steroid dienone is 1. The monoisotopic (exact) mass is 156 g/mol. The molecule has 1 rings (SSSR count). The Morgan fingerprint density at radius 2 is 2.18 bits per heavy atom. The molecule has 0 radical (unpaired) electrons. The zero-order valence-electron chi connectivity index (χ0n) is 6.74. The second-order valence-corrected chi connectivity index (χ2v) is 3.22. The van der Waals surface area contributed by atoms with Gasteiger partial charge in [0.05, 0.1) is 6.10 Å². The van der Waals surface area contributed by atoms with Crippen LogP contribution in [0.2, 0.25) is 0 Å². The maximum Gasteiger partial charge on any atom is 0.0575 e. The topological polar surface area (TPSA) is 40.5 Å². The molecule has 2 N–H and O–H groups in total. The first-order valence-corrected chi connectivity index (χ1v) is 4.21. The summed E-state index contributed by atoms with van der Waals surface area (Å²) in [6.45, 7) is 3.89. The van der Waals surface area contributed by atoms with Gasteiger partial charge in [-0.15, -0.1) is 6.58 Å². The normalized spacial score (nSPS) is 37.5. The quantitative estimate of drug-likeness (QED) is 0.597. The van der Waals surface area contributed by atoms with Crippen molar-refractivity contribution in [1.29, 1.82) is 0 Å². The number of hydrogen-bond acceptors (Lipinski definition) is 2. The van der Waals surface area contributed by atoms with Crippen LogP contribution in [0.25, 0.3) is 0 Å². The van der Waals surface area contributed by atoms with Crippen LogP contribution in [0.5, 0.6) is 0 Å². The van der Waals surface area contributed by atoms with Gasteiger partial charge in [-0.25, -0.2) is 0 Å². The summed E-state index contributed by atoms with van der Waals surface area (Å²) in [7, 11) is 0. The van der Waals surface area contributed by atoms with Crippen LogP contribution in [-0.2, 0) is 0 Å². The molecule has 1 aliphatic carbocycles. The molecule has 0 bridgehead atoms. The zero-order valence-corrected chi connectivity index (χ0v) is 6.74. The Kier molecular flexibility index (Phi) is 3.09. The standard InChI is InChI=1S/C9H16O2/c1-2-7-3-4-9(11)8(7)5-6-10/h2,7-11H,1,3-6H2/t7-,8-,9+/m0/s1. The van der Waals surface area contributed by atoms with E-state index in [1.165, 1.54) is 0 Å². The molecule has 3 atom stereocenters. The Morgan fingerprint density at radius 1 is 1.45 bits per heavy atom. The summed E-state index contributed by atoms with van der Waals surface area (Å²) in [5.41, 5.74) is 0. The van der Waals surface area contributed by atoms with Crippen molar-refractivity contribution in [3.63, 3.8) is 0 Å². The molecule has 1 fully saturated rings. The van der Waals surface area contributed by atoms with Gasteiger partial charge < -0.3 is 10.2 Å². The SMILES string of the molecule is C=C[C@H]1CC[C@@H](O)[C@H]1CCO. The lowest BCUT2D eigenvalue weighted by atomic mass is 9.92. The fraction of sp³-hybridized carbons (Fsp3) is 0.778. The van der Waals surface area contributed by atoms with E-state index in [2.05, 4.69) is 6.58 Å². The van der Waals surface area contributed by atoms with Crippen LogP contribution in [0.4, 0.5) is 0 Å². The molecule has 1 saturated carbocycles. The van der Waals surface area contributed by atoms with Crippen LogP contribution in [0.15, 0.2) is 12.7 Å². The Hall–Kier alpha value is -0.340. The lowest BCUT2D eigenvalue weighted by Crippen LogP contribution is -2.19. The van der Waals surface area contributed by atoms with Crippen molar-refractivity contribution >= 4 is 0 Å². The molecule has 0 spiro atoms. The summed E-state index contributed by atoms with van der Waals surface area (Å²) in [5.74, 6) is 0.662. The molecule has 0 saturated heterocycles. The molecule has 0 amide bonds. The van der Waals surface area contributed by atoms with Gasteiger partial charge in [-0.1, -0.05) is 6.08 Å². The van der Waals surface area contributed by atoms with Crippen LogP contribution < -0.4 is 0 Å². The molecule has 2 heteroatoms. The van der Waals surface area contributed by atoms with E-state index in [9.17, 15) is 5.11 Å². The number of aliphatic hydroxyl groups excluding tert-OH is 2. The molecule has 0 heterocycles. The third-order valence-corrected chi connectivity index (χ3v) is 2.61. The Bertz CT molecular complexity index is 134. The minimum absolute atomic E-state index is 0.173. The number of aliphatic hydroxyl groups is 2. The lowest BCUT2D eigenvalue weighted by Gasteiger charge is -2.17. The van der Waals surface area contributed by atoms with Gasteiger partial charge in [-0.05, 0) is 31.1 Å². The first-order valence-electron chi connectivity index (χ1n) is 4.21. The lowest BCUT2D eigenvalue weighted by molar-refractivity contribution is 0.104. The highest BCUT2D eigenvalue weighted by Crippen LogP contribution is 2.34. The molecule has 1 aliphatic rings. The fourth-order valence-electron chi connectivity index (χ4n) is 1.92. The third-order valence-electron chi connectivity index (χ3n) is 2.61.